The summed E-state index contributed by atoms with van der Waals surface area (Å²) in [7, 11) is 0. The zero-order valence-electron chi connectivity index (χ0n) is 22.3. The molecule has 8 heteroatoms. The largest absolute Gasteiger partial charge is 0.334 e. The van der Waals surface area contributed by atoms with Crippen LogP contribution in [0.4, 0.5) is 4.79 Å². The van der Waals surface area contributed by atoms with E-state index in [0.717, 1.165) is 21.9 Å². The normalized spacial score (nSPS) is 19.8. The molecule has 2 fully saturated rings. The number of rotatable bonds is 6. The molecule has 200 valence electrons. The predicted molar refractivity (Wildman–Crippen MR) is 150 cm³/mol. The third kappa shape index (κ3) is 5.18. The number of carbonyl (C=O) groups excluding carboxylic acids is 3. The van der Waals surface area contributed by atoms with Gasteiger partial charge in [0, 0.05) is 13.1 Å². The quantitative estimate of drug-likeness (QED) is 0.503. The fourth-order valence-electron chi connectivity index (χ4n) is 5.63. The highest BCUT2D eigenvalue weighted by molar-refractivity contribution is 5.92. The summed E-state index contributed by atoms with van der Waals surface area (Å²) in [5, 5.41) is 8.30. The van der Waals surface area contributed by atoms with Crippen molar-refractivity contribution in [1.29, 1.82) is 0 Å². The maximum atomic E-state index is 13.9. The Bertz CT molecular complexity index is 1410. The second-order valence-electron chi connectivity index (χ2n) is 10.3. The van der Waals surface area contributed by atoms with E-state index >= 15 is 0 Å². The van der Waals surface area contributed by atoms with Gasteiger partial charge in [-0.25, -0.2) is 9.80 Å². The van der Waals surface area contributed by atoms with Crippen molar-refractivity contribution in [3.63, 3.8) is 0 Å². The molecule has 3 aromatic carbocycles. The number of hydrogen-bond donors (Lipinski definition) is 1. The van der Waals surface area contributed by atoms with Crippen molar-refractivity contribution in [3.8, 4) is 12.3 Å². The number of carbonyl (C=O) groups is 3. The van der Waals surface area contributed by atoms with E-state index in [2.05, 4.69) is 11.2 Å². The van der Waals surface area contributed by atoms with Gasteiger partial charge in [0.2, 0.25) is 11.8 Å². The molecule has 0 radical (unpaired) electrons. The number of benzene rings is 3. The molecular formula is C31H33N5O3. The molecule has 3 aromatic rings. The Labute approximate surface area is 229 Å². The van der Waals surface area contributed by atoms with E-state index in [1.165, 1.54) is 0 Å². The first-order valence-electron chi connectivity index (χ1n) is 13.2. The standard InChI is InChI=1S/C31H33N5O3/c1-4-17-34-21-28(37)35-27(36(34)31(39)32-18-23-11-6-5-7-12-23)20-33(30(38)29(35)22(2)3)19-25-15-10-14-24-13-8-9-16-26(24)25/h1,5-16,22,27,29H,17-21H2,2-3H3,(H,32,39)/t27-,29-/m0/s1. The highest BCUT2D eigenvalue weighted by Gasteiger charge is 2.52. The SMILES string of the molecule is C#CCN1CC(=O)N2[C@@H](C(C)C)C(=O)N(Cc3cccc4ccccc34)C[C@@H]2N1C(=O)NCc1ccccc1. The summed E-state index contributed by atoms with van der Waals surface area (Å²) in [5.41, 5.74) is 1.97. The van der Waals surface area contributed by atoms with Crippen LogP contribution in [0.25, 0.3) is 10.8 Å². The van der Waals surface area contributed by atoms with E-state index < -0.39 is 12.2 Å². The van der Waals surface area contributed by atoms with Gasteiger partial charge in [0.05, 0.1) is 19.6 Å². The van der Waals surface area contributed by atoms with Crippen LogP contribution in [0.1, 0.15) is 25.0 Å². The molecular weight excluding hydrogens is 490 g/mol. The minimum atomic E-state index is -0.691. The van der Waals surface area contributed by atoms with Crippen molar-refractivity contribution < 1.29 is 14.4 Å². The molecule has 0 bridgehead atoms. The van der Waals surface area contributed by atoms with Crippen LogP contribution in [0.3, 0.4) is 0 Å². The smallest absolute Gasteiger partial charge is 0.333 e. The van der Waals surface area contributed by atoms with Crippen molar-refractivity contribution in [2.45, 2.75) is 39.1 Å². The Morgan fingerprint density at radius 3 is 2.49 bits per heavy atom. The number of fused-ring (bicyclic) bond motifs is 2. The molecule has 39 heavy (non-hydrogen) atoms. The predicted octanol–water partition coefficient (Wildman–Crippen LogP) is 3.44. The number of urea groups is 1. The van der Waals surface area contributed by atoms with Crippen molar-refractivity contribution >= 4 is 28.6 Å². The van der Waals surface area contributed by atoms with Crippen LogP contribution >= 0.6 is 0 Å². The second kappa shape index (κ2) is 11.2. The molecule has 4 amide bonds. The minimum absolute atomic E-state index is 0.0702. The van der Waals surface area contributed by atoms with E-state index in [0.29, 0.717) is 13.1 Å². The van der Waals surface area contributed by atoms with Gasteiger partial charge < -0.3 is 15.1 Å². The average Bonchev–Trinajstić information content (AvgIpc) is 2.93. The third-order valence-electron chi connectivity index (χ3n) is 7.40. The molecule has 0 spiro atoms. The van der Waals surface area contributed by atoms with Crippen LogP contribution < -0.4 is 5.32 Å². The first kappa shape index (κ1) is 26.3. The maximum absolute atomic E-state index is 13.9. The first-order valence-corrected chi connectivity index (χ1v) is 13.2. The molecule has 2 aliphatic heterocycles. The lowest BCUT2D eigenvalue weighted by molar-refractivity contribution is -0.192. The van der Waals surface area contributed by atoms with E-state index in [1.807, 2.05) is 86.6 Å². The van der Waals surface area contributed by atoms with E-state index in [4.69, 9.17) is 6.42 Å². The highest BCUT2D eigenvalue weighted by atomic mass is 16.2. The second-order valence-corrected chi connectivity index (χ2v) is 10.3. The number of terminal acetylenes is 1. The summed E-state index contributed by atoms with van der Waals surface area (Å²) < 4.78 is 0. The van der Waals surface area contributed by atoms with E-state index in [9.17, 15) is 14.4 Å². The number of nitrogens with one attached hydrogen (secondary N) is 1. The van der Waals surface area contributed by atoms with Crippen LogP contribution in [0.2, 0.25) is 0 Å². The molecule has 2 heterocycles. The van der Waals surface area contributed by atoms with Gasteiger partial charge in [0.15, 0.2) is 0 Å². The number of nitrogens with zero attached hydrogens (tertiary/aromatic N) is 4. The fourth-order valence-corrected chi connectivity index (χ4v) is 5.63. The number of amides is 4. The van der Waals surface area contributed by atoms with Gasteiger partial charge in [-0.15, -0.1) is 6.42 Å². The van der Waals surface area contributed by atoms with Gasteiger partial charge in [-0.3, -0.25) is 9.59 Å². The summed E-state index contributed by atoms with van der Waals surface area (Å²) >= 11 is 0. The molecule has 0 saturated carbocycles. The summed E-state index contributed by atoms with van der Waals surface area (Å²) in [5.74, 6) is 2.11. The Kier molecular flexibility index (Phi) is 7.53. The summed E-state index contributed by atoms with van der Waals surface area (Å²) in [4.78, 5) is 44.4. The number of hydrazine groups is 1. The number of piperazine rings is 1. The Balaban J connectivity index is 1.49. The molecule has 2 aliphatic rings. The summed E-state index contributed by atoms with van der Waals surface area (Å²) in [6, 6.07) is 22.7. The molecule has 0 unspecified atom stereocenters. The minimum Gasteiger partial charge on any atom is -0.333 e. The zero-order chi connectivity index (χ0) is 27.5. The number of hydrogen-bond acceptors (Lipinski definition) is 4. The molecule has 2 atom stereocenters. The topological polar surface area (TPSA) is 76.2 Å². The monoisotopic (exact) mass is 523 g/mol. The molecule has 0 aliphatic carbocycles. The van der Waals surface area contributed by atoms with Crippen molar-refractivity contribution in [2.75, 3.05) is 19.6 Å². The lowest BCUT2D eigenvalue weighted by Crippen LogP contribution is -2.77. The molecule has 5 rings (SSSR count). The average molecular weight is 524 g/mol. The van der Waals surface area contributed by atoms with Gasteiger partial charge >= 0.3 is 6.03 Å². The van der Waals surface area contributed by atoms with Gasteiger partial charge in [-0.1, -0.05) is 92.6 Å². The van der Waals surface area contributed by atoms with E-state index in [1.54, 1.807) is 19.8 Å². The molecule has 0 aromatic heterocycles. The van der Waals surface area contributed by atoms with Gasteiger partial charge in [0.1, 0.15) is 12.2 Å². The van der Waals surface area contributed by atoms with Gasteiger partial charge in [0.25, 0.3) is 0 Å². The molecule has 8 nitrogen and oxygen atoms in total. The van der Waals surface area contributed by atoms with Crippen LogP contribution in [0.5, 0.6) is 0 Å². The Morgan fingerprint density at radius 1 is 1.03 bits per heavy atom. The highest BCUT2D eigenvalue weighted by Crippen LogP contribution is 2.31. The summed E-state index contributed by atoms with van der Waals surface area (Å²) in [6.45, 7) is 4.77. The van der Waals surface area contributed by atoms with Crippen molar-refractivity contribution in [3.05, 3.63) is 83.9 Å². The van der Waals surface area contributed by atoms with Crippen LogP contribution in [-0.2, 0) is 22.7 Å². The van der Waals surface area contributed by atoms with Gasteiger partial charge in [-0.2, -0.15) is 5.01 Å². The lowest BCUT2D eigenvalue weighted by atomic mass is 9.95. The van der Waals surface area contributed by atoms with Gasteiger partial charge in [-0.05, 0) is 27.8 Å². The van der Waals surface area contributed by atoms with Crippen LogP contribution in [0, 0.1) is 18.3 Å². The summed E-state index contributed by atoms with van der Waals surface area (Å²) in [6.07, 6.45) is 4.96. The maximum Gasteiger partial charge on any atom is 0.334 e. The van der Waals surface area contributed by atoms with Crippen molar-refractivity contribution in [1.82, 2.24) is 25.1 Å². The third-order valence-corrected chi connectivity index (χ3v) is 7.40. The van der Waals surface area contributed by atoms with Crippen LogP contribution in [0.15, 0.2) is 72.8 Å². The lowest BCUT2D eigenvalue weighted by Gasteiger charge is -2.55. The fraction of sp³-hybridized carbons (Fsp3) is 0.323. The molecule has 2 saturated heterocycles. The first-order chi connectivity index (χ1) is 18.9. The van der Waals surface area contributed by atoms with E-state index in [-0.39, 0.29) is 43.4 Å². The Hall–Kier alpha value is -4.35. The molecule has 1 N–H and O–H groups in total. The Morgan fingerprint density at radius 2 is 1.74 bits per heavy atom. The van der Waals surface area contributed by atoms with Crippen LogP contribution in [-0.4, -0.2) is 69.5 Å². The van der Waals surface area contributed by atoms with Crippen molar-refractivity contribution in [2.24, 2.45) is 5.92 Å². The zero-order valence-corrected chi connectivity index (χ0v) is 22.3.